The lowest BCUT2D eigenvalue weighted by Crippen LogP contribution is -2.03. The molecule has 0 N–H and O–H groups in total. The van der Waals surface area contributed by atoms with Crippen LogP contribution in [0.3, 0.4) is 0 Å². The number of nitro benzene ring substituents is 1. The summed E-state index contributed by atoms with van der Waals surface area (Å²) >= 11 is 0.970. The Hall–Kier alpha value is -2.07. The lowest BCUT2D eigenvalue weighted by Gasteiger charge is -2.02. The Bertz CT molecular complexity index is 496. The van der Waals surface area contributed by atoms with E-state index < -0.39 is 10.9 Å². The number of thioether (sulfide) groups is 1. The summed E-state index contributed by atoms with van der Waals surface area (Å²) in [6, 6.07) is 5.87. The SMILES string of the molecule is COC(=O)CSc1cc(C#N)ccc1[N+](=O)[O-]. The van der Waals surface area contributed by atoms with Gasteiger partial charge in [-0.25, -0.2) is 0 Å². The van der Waals surface area contributed by atoms with Crippen molar-refractivity contribution in [2.75, 3.05) is 12.9 Å². The van der Waals surface area contributed by atoms with Crippen molar-refractivity contribution in [2.24, 2.45) is 0 Å². The van der Waals surface area contributed by atoms with Gasteiger partial charge in [0.15, 0.2) is 0 Å². The Morgan fingerprint density at radius 1 is 1.65 bits per heavy atom. The average molecular weight is 252 g/mol. The topological polar surface area (TPSA) is 93.2 Å². The number of methoxy groups -OCH3 is 1. The molecule has 0 aliphatic heterocycles. The van der Waals surface area contributed by atoms with Gasteiger partial charge in [0, 0.05) is 6.07 Å². The van der Waals surface area contributed by atoms with Crippen LogP contribution < -0.4 is 0 Å². The third kappa shape index (κ3) is 3.46. The van der Waals surface area contributed by atoms with Crippen LogP contribution in [-0.4, -0.2) is 23.8 Å². The molecule has 0 aromatic heterocycles. The summed E-state index contributed by atoms with van der Waals surface area (Å²) in [6.45, 7) is 0. The fourth-order valence-corrected chi connectivity index (χ4v) is 1.94. The Kier molecular flexibility index (Phi) is 4.48. The number of esters is 1. The number of benzene rings is 1. The molecule has 0 bridgehead atoms. The van der Waals surface area contributed by atoms with Crippen molar-refractivity contribution in [3.05, 3.63) is 33.9 Å². The first-order chi connectivity index (χ1) is 8.08. The van der Waals surface area contributed by atoms with Crippen molar-refractivity contribution in [2.45, 2.75) is 4.90 Å². The monoisotopic (exact) mass is 252 g/mol. The van der Waals surface area contributed by atoms with Crippen LogP contribution in [0.1, 0.15) is 5.56 Å². The molecule has 88 valence electrons. The Labute approximate surface area is 101 Å². The third-order valence-electron chi connectivity index (χ3n) is 1.86. The standard InChI is InChI=1S/C10H8N2O4S/c1-16-10(13)6-17-9-4-7(5-11)2-3-8(9)12(14)15/h2-4H,6H2,1H3. The van der Waals surface area contributed by atoms with Crippen LogP contribution >= 0.6 is 11.8 Å². The first kappa shape index (κ1) is 13.0. The van der Waals surface area contributed by atoms with E-state index in [0.717, 1.165) is 11.8 Å². The van der Waals surface area contributed by atoms with E-state index in [1.807, 2.05) is 6.07 Å². The van der Waals surface area contributed by atoms with Gasteiger partial charge in [-0.05, 0) is 12.1 Å². The maximum Gasteiger partial charge on any atom is 0.315 e. The molecule has 0 saturated carbocycles. The highest BCUT2D eigenvalue weighted by molar-refractivity contribution is 8.00. The van der Waals surface area contributed by atoms with Gasteiger partial charge in [0.1, 0.15) is 0 Å². The van der Waals surface area contributed by atoms with E-state index in [1.165, 1.54) is 25.3 Å². The van der Waals surface area contributed by atoms with Crippen LogP contribution in [0.2, 0.25) is 0 Å². The Balaban J connectivity index is 2.98. The summed E-state index contributed by atoms with van der Waals surface area (Å²) < 4.78 is 4.43. The summed E-state index contributed by atoms with van der Waals surface area (Å²) in [7, 11) is 1.24. The zero-order valence-electron chi connectivity index (χ0n) is 8.87. The van der Waals surface area contributed by atoms with Crippen LogP contribution in [0.5, 0.6) is 0 Å². The summed E-state index contributed by atoms with van der Waals surface area (Å²) in [4.78, 5) is 21.4. The molecular weight excluding hydrogens is 244 g/mol. The van der Waals surface area contributed by atoms with E-state index in [1.54, 1.807) is 0 Å². The number of nitriles is 1. The second-order valence-electron chi connectivity index (χ2n) is 2.92. The van der Waals surface area contributed by atoms with E-state index in [4.69, 9.17) is 5.26 Å². The number of carbonyl (C=O) groups is 1. The minimum atomic E-state index is -0.555. The number of ether oxygens (including phenoxy) is 1. The number of hydrogen-bond donors (Lipinski definition) is 0. The molecular formula is C10H8N2O4S. The van der Waals surface area contributed by atoms with E-state index in [2.05, 4.69) is 4.74 Å². The molecule has 1 aromatic carbocycles. The van der Waals surface area contributed by atoms with Crippen molar-refractivity contribution >= 4 is 23.4 Å². The van der Waals surface area contributed by atoms with Crippen molar-refractivity contribution in [1.29, 1.82) is 5.26 Å². The molecule has 17 heavy (non-hydrogen) atoms. The summed E-state index contributed by atoms with van der Waals surface area (Å²) in [5.41, 5.74) is 0.181. The molecule has 0 saturated heterocycles. The number of rotatable bonds is 4. The predicted molar refractivity (Wildman–Crippen MR) is 60.6 cm³/mol. The summed E-state index contributed by atoms with van der Waals surface area (Å²) in [5, 5.41) is 19.4. The molecule has 6 nitrogen and oxygen atoms in total. The first-order valence-corrected chi connectivity index (χ1v) is 5.45. The van der Waals surface area contributed by atoms with Crippen molar-refractivity contribution in [1.82, 2.24) is 0 Å². The fourth-order valence-electron chi connectivity index (χ4n) is 1.05. The molecule has 0 aliphatic rings. The molecule has 1 rings (SSSR count). The van der Waals surface area contributed by atoms with E-state index >= 15 is 0 Å². The van der Waals surface area contributed by atoms with Gasteiger partial charge in [-0.3, -0.25) is 14.9 Å². The Morgan fingerprint density at radius 3 is 2.88 bits per heavy atom. The first-order valence-electron chi connectivity index (χ1n) is 4.46. The smallest absolute Gasteiger partial charge is 0.315 e. The summed E-state index contributed by atoms with van der Waals surface area (Å²) in [5.74, 6) is -0.515. The van der Waals surface area contributed by atoms with Crippen molar-refractivity contribution < 1.29 is 14.5 Å². The van der Waals surface area contributed by atoms with Crippen LogP contribution in [-0.2, 0) is 9.53 Å². The maximum atomic E-state index is 10.9. The quantitative estimate of drug-likeness (QED) is 0.350. The largest absolute Gasteiger partial charge is 0.468 e. The van der Waals surface area contributed by atoms with Gasteiger partial charge >= 0.3 is 5.97 Å². The highest BCUT2D eigenvalue weighted by Gasteiger charge is 2.16. The van der Waals surface area contributed by atoms with Gasteiger partial charge in [0.05, 0.1) is 34.3 Å². The van der Waals surface area contributed by atoms with Gasteiger partial charge in [0.25, 0.3) is 5.69 Å². The van der Waals surface area contributed by atoms with Gasteiger partial charge in [-0.15, -0.1) is 11.8 Å². The van der Waals surface area contributed by atoms with Gasteiger partial charge < -0.3 is 4.74 Å². The molecule has 0 unspecified atom stereocenters. The summed E-state index contributed by atoms with van der Waals surface area (Å²) in [6.07, 6.45) is 0. The fraction of sp³-hybridized carbons (Fsp3) is 0.200. The molecule has 7 heteroatoms. The molecule has 0 amide bonds. The highest BCUT2D eigenvalue weighted by Crippen LogP contribution is 2.29. The molecule has 0 spiro atoms. The molecule has 0 radical (unpaired) electrons. The van der Waals surface area contributed by atoms with Gasteiger partial charge in [0.2, 0.25) is 0 Å². The van der Waals surface area contributed by atoms with Crippen LogP contribution in [0.4, 0.5) is 5.69 Å². The number of nitro groups is 1. The predicted octanol–water partition coefficient (Wildman–Crippen LogP) is 1.73. The normalized spacial score (nSPS) is 9.41. The third-order valence-corrected chi connectivity index (χ3v) is 2.88. The lowest BCUT2D eigenvalue weighted by atomic mass is 10.2. The van der Waals surface area contributed by atoms with Crippen LogP contribution in [0.25, 0.3) is 0 Å². The van der Waals surface area contributed by atoms with Crippen molar-refractivity contribution in [3.8, 4) is 6.07 Å². The second kappa shape index (κ2) is 5.86. The maximum absolute atomic E-state index is 10.9. The minimum Gasteiger partial charge on any atom is -0.468 e. The van der Waals surface area contributed by atoms with Crippen LogP contribution in [0, 0.1) is 21.4 Å². The van der Waals surface area contributed by atoms with Gasteiger partial charge in [-0.1, -0.05) is 0 Å². The zero-order valence-corrected chi connectivity index (χ0v) is 9.69. The Morgan fingerprint density at radius 2 is 2.35 bits per heavy atom. The van der Waals surface area contributed by atoms with Gasteiger partial charge in [-0.2, -0.15) is 5.26 Å². The number of nitrogens with zero attached hydrogens (tertiary/aromatic N) is 2. The van der Waals surface area contributed by atoms with E-state index in [0.29, 0.717) is 5.56 Å². The molecule has 0 aliphatic carbocycles. The molecule has 1 aromatic rings. The molecule has 0 atom stereocenters. The lowest BCUT2D eigenvalue weighted by molar-refractivity contribution is -0.387. The number of carbonyl (C=O) groups excluding carboxylic acids is 1. The molecule has 0 heterocycles. The number of hydrogen-bond acceptors (Lipinski definition) is 6. The molecule has 0 fully saturated rings. The average Bonchev–Trinajstić information content (AvgIpc) is 2.35. The second-order valence-corrected chi connectivity index (χ2v) is 3.93. The highest BCUT2D eigenvalue weighted by atomic mass is 32.2. The van der Waals surface area contributed by atoms with E-state index in [9.17, 15) is 14.9 Å². The van der Waals surface area contributed by atoms with E-state index in [-0.39, 0.29) is 16.3 Å². The van der Waals surface area contributed by atoms with Crippen molar-refractivity contribution in [3.63, 3.8) is 0 Å². The zero-order chi connectivity index (χ0) is 12.8. The minimum absolute atomic E-state index is 0.0355. The van der Waals surface area contributed by atoms with Crippen LogP contribution in [0.15, 0.2) is 23.1 Å².